The molecular weight excluding hydrogens is 340 g/mol. The number of terminal acetylenes is 1. The summed E-state index contributed by atoms with van der Waals surface area (Å²) in [5.41, 5.74) is 4.17. The van der Waals surface area contributed by atoms with Crippen LogP contribution in [0.25, 0.3) is 11.0 Å². The van der Waals surface area contributed by atoms with Crippen molar-refractivity contribution in [3.63, 3.8) is 0 Å². The van der Waals surface area contributed by atoms with E-state index in [1.54, 1.807) is 26.1 Å². The topological polar surface area (TPSA) is 133 Å². The molecule has 0 spiro atoms. The number of hydrogen-bond donors (Lipinski definition) is 3. The molecule has 3 heterocycles. The van der Waals surface area contributed by atoms with Gasteiger partial charge < -0.3 is 30.0 Å². The highest BCUT2D eigenvalue weighted by Gasteiger charge is 2.56. The zero-order chi connectivity index (χ0) is 19.1. The molecule has 1 aliphatic rings. The summed E-state index contributed by atoms with van der Waals surface area (Å²) in [5, 5.41) is 21.9. The second-order valence-electron chi connectivity index (χ2n) is 6.45. The van der Waals surface area contributed by atoms with Gasteiger partial charge in [0, 0.05) is 6.20 Å². The van der Waals surface area contributed by atoms with Crippen LogP contribution in [0.4, 0.5) is 5.82 Å². The number of nitrogens with zero attached hydrogens (tertiary/aromatic N) is 3. The van der Waals surface area contributed by atoms with Gasteiger partial charge in [-0.1, -0.05) is 19.8 Å². The van der Waals surface area contributed by atoms with E-state index in [2.05, 4.69) is 15.9 Å². The van der Waals surface area contributed by atoms with E-state index in [0.717, 1.165) is 0 Å². The number of nitrogen functional groups attached to an aromatic ring is 1. The third-order valence-corrected chi connectivity index (χ3v) is 4.37. The monoisotopic (exact) mass is 360 g/mol. The number of fused-ring (bicyclic) bond motifs is 1. The van der Waals surface area contributed by atoms with Crippen LogP contribution in [0, 0.1) is 18.3 Å². The molecule has 2 aromatic heterocycles. The molecule has 3 rings (SSSR count). The summed E-state index contributed by atoms with van der Waals surface area (Å²) in [4.78, 5) is 19.7. The first-order valence-corrected chi connectivity index (χ1v) is 8.07. The minimum absolute atomic E-state index is 0.241. The number of esters is 1. The van der Waals surface area contributed by atoms with E-state index in [-0.39, 0.29) is 18.3 Å². The Labute approximate surface area is 149 Å². The number of rotatable bonds is 4. The number of carbonyl (C=O) groups is 1. The Balaban J connectivity index is 1.92. The Morgan fingerprint density at radius 3 is 2.96 bits per heavy atom. The van der Waals surface area contributed by atoms with Crippen molar-refractivity contribution in [1.82, 2.24) is 14.5 Å². The van der Waals surface area contributed by atoms with Gasteiger partial charge in [-0.3, -0.25) is 4.79 Å². The average molecular weight is 360 g/mol. The van der Waals surface area contributed by atoms with E-state index in [4.69, 9.17) is 21.6 Å². The Bertz CT molecular complexity index is 874. The first kappa shape index (κ1) is 18.1. The fourth-order valence-electron chi connectivity index (χ4n) is 2.85. The number of carbonyl (C=O) groups excluding carboxylic acids is 1. The molecule has 138 valence electrons. The van der Waals surface area contributed by atoms with Crippen molar-refractivity contribution in [3.05, 3.63) is 18.6 Å². The highest BCUT2D eigenvalue weighted by Crippen LogP contribution is 2.40. The fourth-order valence-corrected chi connectivity index (χ4v) is 2.85. The van der Waals surface area contributed by atoms with E-state index in [0.29, 0.717) is 11.0 Å². The molecule has 26 heavy (non-hydrogen) atoms. The van der Waals surface area contributed by atoms with Crippen LogP contribution >= 0.6 is 0 Å². The normalized spacial score (nSPS) is 28.4. The van der Waals surface area contributed by atoms with Crippen LogP contribution < -0.4 is 5.73 Å². The average Bonchev–Trinajstić information content (AvgIpc) is 3.14. The van der Waals surface area contributed by atoms with Gasteiger partial charge in [0.15, 0.2) is 11.8 Å². The fraction of sp³-hybridized carbons (Fsp3) is 0.471. The molecule has 9 nitrogen and oxygen atoms in total. The van der Waals surface area contributed by atoms with Crippen molar-refractivity contribution >= 4 is 22.8 Å². The lowest BCUT2D eigenvalue weighted by atomic mass is 9.95. The van der Waals surface area contributed by atoms with Crippen LogP contribution in [-0.4, -0.2) is 55.1 Å². The molecule has 0 bridgehead atoms. The van der Waals surface area contributed by atoms with Crippen molar-refractivity contribution in [2.45, 2.75) is 37.9 Å². The predicted molar refractivity (Wildman–Crippen MR) is 91.4 cm³/mol. The molecular formula is C17H20N4O5. The molecule has 0 saturated carbocycles. The van der Waals surface area contributed by atoms with E-state index < -0.39 is 30.0 Å². The summed E-state index contributed by atoms with van der Waals surface area (Å²) in [5.74, 6) is 1.68. The molecule has 0 aliphatic carbocycles. The first-order chi connectivity index (χ1) is 12.3. The second-order valence-corrected chi connectivity index (χ2v) is 6.45. The zero-order valence-corrected chi connectivity index (χ0v) is 14.4. The quantitative estimate of drug-likeness (QED) is 0.506. The van der Waals surface area contributed by atoms with Crippen LogP contribution in [-0.2, 0) is 14.3 Å². The number of nitrogens with two attached hydrogens (primary N) is 1. The van der Waals surface area contributed by atoms with Gasteiger partial charge in [0.1, 0.15) is 36.6 Å². The minimum Gasteiger partial charge on any atom is -0.463 e. The van der Waals surface area contributed by atoms with Gasteiger partial charge >= 0.3 is 5.97 Å². The van der Waals surface area contributed by atoms with Crippen LogP contribution in [0.3, 0.4) is 0 Å². The smallest absolute Gasteiger partial charge is 0.308 e. The maximum absolute atomic E-state index is 11.7. The van der Waals surface area contributed by atoms with Gasteiger partial charge in [-0.2, -0.15) is 0 Å². The van der Waals surface area contributed by atoms with E-state index in [1.807, 2.05) is 0 Å². The zero-order valence-electron chi connectivity index (χ0n) is 14.4. The Morgan fingerprint density at radius 2 is 2.31 bits per heavy atom. The molecule has 0 aromatic carbocycles. The lowest BCUT2D eigenvalue weighted by Crippen LogP contribution is -2.46. The van der Waals surface area contributed by atoms with Crippen LogP contribution in [0.15, 0.2) is 18.6 Å². The molecule has 4 N–H and O–H groups in total. The Kier molecular flexibility index (Phi) is 4.58. The van der Waals surface area contributed by atoms with Gasteiger partial charge in [-0.25, -0.2) is 9.97 Å². The maximum atomic E-state index is 11.7. The molecule has 0 unspecified atom stereocenters. The van der Waals surface area contributed by atoms with Crippen LogP contribution in [0.2, 0.25) is 0 Å². The molecule has 2 aromatic rings. The van der Waals surface area contributed by atoms with Crippen molar-refractivity contribution in [3.8, 4) is 12.3 Å². The summed E-state index contributed by atoms with van der Waals surface area (Å²) >= 11 is 0. The van der Waals surface area contributed by atoms with Crippen LogP contribution in [0.1, 0.15) is 20.1 Å². The Morgan fingerprint density at radius 1 is 1.58 bits per heavy atom. The van der Waals surface area contributed by atoms with Gasteiger partial charge in [0.25, 0.3) is 0 Å². The van der Waals surface area contributed by atoms with E-state index in [1.165, 1.54) is 10.9 Å². The Hall–Kier alpha value is -2.67. The summed E-state index contributed by atoms with van der Waals surface area (Å²) < 4.78 is 12.3. The summed E-state index contributed by atoms with van der Waals surface area (Å²) in [7, 11) is 0. The van der Waals surface area contributed by atoms with Crippen molar-refractivity contribution in [1.29, 1.82) is 0 Å². The highest BCUT2D eigenvalue weighted by molar-refractivity contribution is 5.86. The highest BCUT2D eigenvalue weighted by atomic mass is 16.6. The van der Waals surface area contributed by atoms with Gasteiger partial charge in [-0.05, 0) is 6.07 Å². The number of ether oxygens (including phenoxy) is 2. The molecule has 0 radical (unpaired) electrons. The predicted octanol–water partition coefficient (Wildman–Crippen LogP) is -0.165. The lowest BCUT2D eigenvalue weighted by Gasteiger charge is -2.26. The molecule has 0 amide bonds. The summed E-state index contributed by atoms with van der Waals surface area (Å²) in [6, 6.07) is 1.66. The van der Waals surface area contributed by atoms with Crippen molar-refractivity contribution in [2.24, 2.45) is 5.92 Å². The summed E-state index contributed by atoms with van der Waals surface area (Å²) in [6.45, 7) is 3.13. The number of aliphatic hydroxyl groups is 2. The maximum Gasteiger partial charge on any atom is 0.308 e. The lowest BCUT2D eigenvalue weighted by molar-refractivity contribution is -0.153. The number of anilines is 1. The van der Waals surface area contributed by atoms with Crippen molar-refractivity contribution in [2.75, 3.05) is 12.3 Å². The standard InChI is InChI=1S/C17H20N4O5/c1-4-17(24)12(22)11(7-25-15(23)9(2)3)26-16(17)21-6-5-10-13(18)19-8-20-14(10)21/h1,5-6,8-9,11-12,16,22,24H,7H2,2-3H3,(H2,18,19,20)/t11-,12-,16-,17-/m1/s1. The van der Waals surface area contributed by atoms with Gasteiger partial charge in [0.2, 0.25) is 0 Å². The molecule has 4 atom stereocenters. The largest absolute Gasteiger partial charge is 0.463 e. The minimum atomic E-state index is -2.04. The molecule has 1 saturated heterocycles. The van der Waals surface area contributed by atoms with Gasteiger partial charge in [-0.15, -0.1) is 6.42 Å². The number of aliphatic hydroxyl groups excluding tert-OH is 1. The molecule has 1 aliphatic heterocycles. The number of aromatic nitrogens is 3. The first-order valence-electron chi connectivity index (χ1n) is 8.07. The molecule has 1 fully saturated rings. The second kappa shape index (κ2) is 6.57. The third kappa shape index (κ3) is 2.78. The van der Waals surface area contributed by atoms with E-state index >= 15 is 0 Å². The van der Waals surface area contributed by atoms with Gasteiger partial charge in [0.05, 0.1) is 11.3 Å². The van der Waals surface area contributed by atoms with E-state index in [9.17, 15) is 15.0 Å². The van der Waals surface area contributed by atoms with Crippen LogP contribution in [0.5, 0.6) is 0 Å². The van der Waals surface area contributed by atoms with Crippen molar-refractivity contribution < 1.29 is 24.5 Å². The number of hydrogen-bond acceptors (Lipinski definition) is 8. The molecule has 9 heteroatoms. The third-order valence-electron chi connectivity index (χ3n) is 4.37. The SMILES string of the molecule is C#C[C@@]1(O)[C@H](O)[C@@H](COC(=O)C(C)C)O[C@H]1n1ccc2c(N)ncnc21. The summed E-state index contributed by atoms with van der Waals surface area (Å²) in [6.07, 6.45) is 4.73.